The smallest absolute Gasteiger partial charge is 0.303 e. The summed E-state index contributed by atoms with van der Waals surface area (Å²) < 4.78 is 23.3. The summed E-state index contributed by atoms with van der Waals surface area (Å²) in [5.74, 6) is -1.89. The quantitative estimate of drug-likeness (QED) is 0.335. The molecule has 1 aromatic carbocycles. The first-order chi connectivity index (χ1) is 16.7. The van der Waals surface area contributed by atoms with Crippen LogP contribution in [0.15, 0.2) is 40.3 Å². The molecule has 12 heteroatoms. The van der Waals surface area contributed by atoms with Crippen LogP contribution in [-0.4, -0.2) is 57.6 Å². The number of benzene rings is 1. The highest BCUT2D eigenvalue weighted by atomic mass is 32.2. The maximum atomic E-state index is 13.4. The lowest BCUT2D eigenvalue weighted by molar-refractivity contribution is -0.223. The Morgan fingerprint density at radius 2 is 1.74 bits per heavy atom. The maximum absolute atomic E-state index is 13.4. The third-order valence-corrected chi connectivity index (χ3v) is 6.67. The molecule has 5 atom stereocenters. The summed E-state index contributed by atoms with van der Waals surface area (Å²) in [5.41, 5.74) is -0.00175. The third-order valence-electron chi connectivity index (χ3n) is 5.40. The van der Waals surface area contributed by atoms with Crippen LogP contribution in [0.3, 0.4) is 0 Å². The number of hydrogen-bond acceptors (Lipinski definition) is 11. The SMILES string of the molecule is CC(=O)OC[C@H]1O[C@@H]2[C@@H](Sc3nc(-c4ccccc4)c(C#N)c(=O)n32)[C@@H](OC(C)=O)[C@@H]1OC(C)=O. The zero-order valence-corrected chi connectivity index (χ0v) is 19.8. The molecule has 1 fully saturated rings. The fourth-order valence-corrected chi connectivity index (χ4v) is 5.41. The Labute approximate surface area is 203 Å². The highest BCUT2D eigenvalue weighted by molar-refractivity contribution is 8.00. The lowest BCUT2D eigenvalue weighted by Crippen LogP contribution is -2.58. The topological polar surface area (TPSA) is 147 Å². The predicted octanol–water partition coefficient (Wildman–Crippen LogP) is 1.58. The third kappa shape index (κ3) is 4.78. The van der Waals surface area contributed by atoms with Gasteiger partial charge in [0, 0.05) is 26.3 Å². The summed E-state index contributed by atoms with van der Waals surface area (Å²) in [7, 11) is 0. The molecular weight excluding hydrogens is 478 g/mol. The van der Waals surface area contributed by atoms with Crippen molar-refractivity contribution in [2.75, 3.05) is 6.61 Å². The second-order valence-electron chi connectivity index (χ2n) is 7.87. The van der Waals surface area contributed by atoms with Crippen LogP contribution < -0.4 is 5.56 Å². The van der Waals surface area contributed by atoms with Crippen LogP contribution in [0.4, 0.5) is 0 Å². The number of fused-ring (bicyclic) bond motifs is 3. The zero-order valence-electron chi connectivity index (χ0n) is 19.0. The first kappa shape index (κ1) is 24.4. The van der Waals surface area contributed by atoms with Gasteiger partial charge in [-0.2, -0.15) is 5.26 Å². The van der Waals surface area contributed by atoms with Gasteiger partial charge < -0.3 is 18.9 Å². The summed E-state index contributed by atoms with van der Waals surface area (Å²) in [6, 6.07) is 10.7. The van der Waals surface area contributed by atoms with Gasteiger partial charge in [-0.25, -0.2) is 4.98 Å². The highest BCUT2D eigenvalue weighted by Gasteiger charge is 2.55. The first-order valence-electron chi connectivity index (χ1n) is 10.6. The summed E-state index contributed by atoms with van der Waals surface area (Å²) in [6.07, 6.45) is -4.24. The molecule has 0 bridgehead atoms. The average Bonchev–Trinajstić information content (AvgIpc) is 3.17. The molecule has 2 aliphatic heterocycles. The number of aromatic nitrogens is 2. The molecule has 182 valence electrons. The molecule has 2 aliphatic rings. The second kappa shape index (κ2) is 9.89. The van der Waals surface area contributed by atoms with Gasteiger partial charge in [0.15, 0.2) is 23.6 Å². The molecule has 11 nitrogen and oxygen atoms in total. The zero-order chi connectivity index (χ0) is 25.3. The highest BCUT2D eigenvalue weighted by Crippen LogP contribution is 2.47. The van der Waals surface area contributed by atoms with E-state index >= 15 is 0 Å². The van der Waals surface area contributed by atoms with Gasteiger partial charge in [-0.3, -0.25) is 23.7 Å². The molecule has 0 saturated carbocycles. The van der Waals surface area contributed by atoms with Crippen molar-refractivity contribution in [2.24, 2.45) is 0 Å². The number of ether oxygens (including phenoxy) is 4. The summed E-state index contributed by atoms with van der Waals surface area (Å²) in [5, 5.41) is 9.28. The summed E-state index contributed by atoms with van der Waals surface area (Å²) in [4.78, 5) is 53.2. The Kier molecular flexibility index (Phi) is 6.90. The molecular formula is C23H21N3O8S. The second-order valence-corrected chi connectivity index (χ2v) is 9.01. The molecule has 0 radical (unpaired) electrons. The lowest BCUT2D eigenvalue weighted by atomic mass is 9.99. The van der Waals surface area contributed by atoms with E-state index in [2.05, 4.69) is 4.98 Å². The lowest BCUT2D eigenvalue weighted by Gasteiger charge is -2.42. The van der Waals surface area contributed by atoms with Gasteiger partial charge >= 0.3 is 17.9 Å². The van der Waals surface area contributed by atoms with E-state index in [1.54, 1.807) is 30.3 Å². The standard InChI is InChI=1S/C23H21N3O8S/c1-11(27)31-10-16-18(32-12(2)28)19(33-13(3)29)20-22(34-16)26-21(30)15(9-24)17(25-23(26)35-20)14-7-5-4-6-8-14/h4-8,16,18-20,22H,10H2,1-3H3/t16-,18-,19+,20+,22-/m1/s1. The van der Waals surface area contributed by atoms with Crippen LogP contribution in [0.1, 0.15) is 32.6 Å². The van der Waals surface area contributed by atoms with Crippen LogP contribution in [-0.2, 0) is 33.3 Å². The molecule has 1 saturated heterocycles. The van der Waals surface area contributed by atoms with Gasteiger partial charge in [-0.05, 0) is 0 Å². The van der Waals surface area contributed by atoms with Crippen LogP contribution in [0.5, 0.6) is 0 Å². The number of thioether (sulfide) groups is 1. The maximum Gasteiger partial charge on any atom is 0.303 e. The summed E-state index contributed by atoms with van der Waals surface area (Å²) >= 11 is 1.11. The minimum absolute atomic E-state index is 0.174. The van der Waals surface area contributed by atoms with Crippen molar-refractivity contribution in [1.82, 2.24) is 9.55 Å². The van der Waals surface area contributed by atoms with E-state index in [0.717, 1.165) is 11.8 Å². The monoisotopic (exact) mass is 499 g/mol. The molecule has 0 unspecified atom stereocenters. The minimum atomic E-state index is -1.11. The van der Waals surface area contributed by atoms with Crippen molar-refractivity contribution in [3.05, 3.63) is 46.2 Å². The van der Waals surface area contributed by atoms with E-state index in [1.807, 2.05) is 6.07 Å². The van der Waals surface area contributed by atoms with Crippen molar-refractivity contribution >= 4 is 29.7 Å². The Balaban J connectivity index is 1.82. The van der Waals surface area contributed by atoms with Gasteiger partial charge in [0.2, 0.25) is 0 Å². The Hall–Kier alpha value is -3.69. The fourth-order valence-electron chi connectivity index (χ4n) is 4.07. The number of hydrogen-bond donors (Lipinski definition) is 0. The largest absolute Gasteiger partial charge is 0.463 e. The molecule has 35 heavy (non-hydrogen) atoms. The predicted molar refractivity (Wildman–Crippen MR) is 120 cm³/mol. The van der Waals surface area contributed by atoms with E-state index in [0.29, 0.717) is 5.56 Å². The molecule has 4 rings (SSSR count). The molecule has 0 spiro atoms. The average molecular weight is 500 g/mol. The van der Waals surface area contributed by atoms with E-state index in [1.165, 1.54) is 25.3 Å². The van der Waals surface area contributed by atoms with E-state index in [-0.39, 0.29) is 23.0 Å². The molecule has 3 heterocycles. The Morgan fingerprint density at radius 3 is 2.34 bits per heavy atom. The van der Waals surface area contributed by atoms with Crippen molar-refractivity contribution in [1.29, 1.82) is 5.26 Å². The minimum Gasteiger partial charge on any atom is -0.463 e. The van der Waals surface area contributed by atoms with Gasteiger partial charge in [-0.15, -0.1) is 0 Å². The van der Waals surface area contributed by atoms with Crippen molar-refractivity contribution in [2.45, 2.75) is 55.7 Å². The van der Waals surface area contributed by atoms with Crippen molar-refractivity contribution in [3.8, 4) is 17.3 Å². The normalized spacial score (nSPS) is 24.5. The first-order valence-corrected chi connectivity index (χ1v) is 11.5. The van der Waals surface area contributed by atoms with Crippen LogP contribution >= 0.6 is 11.8 Å². The van der Waals surface area contributed by atoms with E-state index < -0.39 is 53.3 Å². The number of carbonyl (C=O) groups is 3. The summed E-state index contributed by atoms with van der Waals surface area (Å²) in [6.45, 7) is 3.28. The number of nitrogens with zero attached hydrogens (tertiary/aromatic N) is 3. The van der Waals surface area contributed by atoms with Crippen LogP contribution in [0.2, 0.25) is 0 Å². The number of rotatable bonds is 5. The molecule has 0 aliphatic carbocycles. The van der Waals surface area contributed by atoms with Crippen molar-refractivity contribution < 1.29 is 33.3 Å². The number of esters is 3. The number of carbonyl (C=O) groups excluding carboxylic acids is 3. The molecule has 2 aromatic rings. The van der Waals surface area contributed by atoms with Gasteiger partial charge in [0.25, 0.3) is 5.56 Å². The van der Waals surface area contributed by atoms with Gasteiger partial charge in [0.1, 0.15) is 24.3 Å². The molecule has 0 N–H and O–H groups in total. The van der Waals surface area contributed by atoms with Crippen LogP contribution in [0.25, 0.3) is 11.3 Å². The molecule has 0 amide bonds. The Morgan fingerprint density at radius 1 is 1.09 bits per heavy atom. The van der Waals surface area contributed by atoms with E-state index in [4.69, 9.17) is 18.9 Å². The number of nitriles is 1. The van der Waals surface area contributed by atoms with Gasteiger partial charge in [-0.1, -0.05) is 42.1 Å². The van der Waals surface area contributed by atoms with Crippen molar-refractivity contribution in [3.63, 3.8) is 0 Å². The van der Waals surface area contributed by atoms with E-state index in [9.17, 15) is 24.4 Å². The van der Waals surface area contributed by atoms with Crippen LogP contribution in [0, 0.1) is 11.3 Å². The fraction of sp³-hybridized carbons (Fsp3) is 0.391. The van der Waals surface area contributed by atoms with Gasteiger partial charge in [0.05, 0.1) is 10.9 Å². The molecule has 1 aromatic heterocycles. The Bertz CT molecular complexity index is 1270.